The highest BCUT2D eigenvalue weighted by Gasteiger charge is 2.03. The largest absolute Gasteiger partial charge is 0.321 e. The Hall–Kier alpha value is -1.39. The number of hydrogen-bond donors (Lipinski definition) is 1. The summed E-state index contributed by atoms with van der Waals surface area (Å²) in [7, 11) is 1.87. The van der Waals surface area contributed by atoms with Crippen LogP contribution < -0.4 is 5.32 Å². The predicted molar refractivity (Wildman–Crippen MR) is 65.2 cm³/mol. The summed E-state index contributed by atoms with van der Waals surface area (Å²) in [6, 6.07) is 6.42. The topological polar surface area (TPSA) is 29.9 Å². The second kappa shape index (κ2) is 5.29. The number of benzene rings is 1. The number of aromatic nitrogens is 2. The Balaban J connectivity index is 1.87. The van der Waals surface area contributed by atoms with Crippen LogP contribution in [0.2, 0.25) is 5.15 Å². The van der Waals surface area contributed by atoms with E-state index in [-0.39, 0.29) is 5.82 Å². The van der Waals surface area contributed by atoms with E-state index >= 15 is 0 Å². The lowest BCUT2D eigenvalue weighted by Gasteiger charge is -2.05. The first-order valence-corrected chi connectivity index (χ1v) is 5.66. The van der Waals surface area contributed by atoms with Crippen LogP contribution >= 0.6 is 11.6 Å². The van der Waals surface area contributed by atoms with E-state index in [9.17, 15) is 4.39 Å². The van der Waals surface area contributed by atoms with Gasteiger partial charge in [-0.05, 0) is 17.7 Å². The van der Waals surface area contributed by atoms with Crippen molar-refractivity contribution in [3.8, 4) is 0 Å². The minimum absolute atomic E-state index is 0.218. The van der Waals surface area contributed by atoms with Gasteiger partial charge in [0.1, 0.15) is 16.8 Å². The number of nitrogens with one attached hydrogen (secondary N) is 1. The van der Waals surface area contributed by atoms with Crippen LogP contribution in [0.4, 0.5) is 4.39 Å². The smallest absolute Gasteiger partial charge is 0.128 e. The first kappa shape index (κ1) is 12.1. The molecule has 5 heteroatoms. The number of rotatable bonds is 4. The maximum atomic E-state index is 12.7. The molecule has 0 aliphatic heterocycles. The van der Waals surface area contributed by atoms with Gasteiger partial charge in [-0.25, -0.2) is 9.37 Å². The van der Waals surface area contributed by atoms with Crippen LogP contribution in [-0.2, 0) is 20.1 Å². The third kappa shape index (κ3) is 3.05. The Morgan fingerprint density at radius 2 is 2.00 bits per heavy atom. The van der Waals surface area contributed by atoms with Gasteiger partial charge < -0.3 is 9.88 Å². The minimum Gasteiger partial charge on any atom is -0.321 e. The third-order valence-electron chi connectivity index (χ3n) is 2.55. The fraction of sp³-hybridized carbons (Fsp3) is 0.250. The van der Waals surface area contributed by atoms with E-state index in [0.717, 1.165) is 11.4 Å². The molecule has 2 rings (SSSR count). The van der Waals surface area contributed by atoms with Crippen molar-refractivity contribution in [2.24, 2.45) is 7.05 Å². The van der Waals surface area contributed by atoms with Crippen LogP contribution in [0, 0.1) is 5.82 Å². The van der Waals surface area contributed by atoms with Gasteiger partial charge in [-0.15, -0.1) is 0 Å². The van der Waals surface area contributed by atoms with E-state index in [0.29, 0.717) is 18.2 Å². The second-order valence-corrected chi connectivity index (χ2v) is 4.17. The molecule has 3 nitrogen and oxygen atoms in total. The number of hydrogen-bond acceptors (Lipinski definition) is 2. The minimum atomic E-state index is -0.218. The average Bonchev–Trinajstić information content (AvgIpc) is 2.64. The molecular weight excluding hydrogens is 241 g/mol. The van der Waals surface area contributed by atoms with Crippen molar-refractivity contribution in [2.75, 3.05) is 0 Å². The fourth-order valence-electron chi connectivity index (χ4n) is 1.51. The molecule has 1 heterocycles. The summed E-state index contributed by atoms with van der Waals surface area (Å²) in [5, 5.41) is 3.84. The summed E-state index contributed by atoms with van der Waals surface area (Å²) < 4.78 is 14.5. The molecule has 0 unspecified atom stereocenters. The van der Waals surface area contributed by atoms with Gasteiger partial charge in [0.05, 0.1) is 12.7 Å². The highest BCUT2D eigenvalue weighted by Crippen LogP contribution is 2.09. The number of imidazole rings is 1. The summed E-state index contributed by atoms with van der Waals surface area (Å²) in [5.41, 5.74) is 1.03. The molecule has 2 aromatic rings. The Bertz CT molecular complexity index is 493. The van der Waals surface area contributed by atoms with Crippen LogP contribution in [0.5, 0.6) is 0 Å². The monoisotopic (exact) mass is 253 g/mol. The molecule has 0 spiro atoms. The van der Waals surface area contributed by atoms with Gasteiger partial charge in [-0.2, -0.15) is 0 Å². The molecular formula is C12H13ClFN3. The second-order valence-electron chi connectivity index (χ2n) is 3.79. The molecule has 17 heavy (non-hydrogen) atoms. The lowest BCUT2D eigenvalue weighted by atomic mass is 10.2. The van der Waals surface area contributed by atoms with Crippen LogP contribution in [0.1, 0.15) is 11.4 Å². The summed E-state index contributed by atoms with van der Waals surface area (Å²) in [6.45, 7) is 1.30. The average molecular weight is 254 g/mol. The van der Waals surface area contributed by atoms with Gasteiger partial charge in [-0.3, -0.25) is 0 Å². The van der Waals surface area contributed by atoms with E-state index in [2.05, 4.69) is 10.3 Å². The number of halogens is 2. The van der Waals surface area contributed by atoms with Crippen molar-refractivity contribution < 1.29 is 4.39 Å². The molecule has 0 aliphatic carbocycles. The Kier molecular flexibility index (Phi) is 3.76. The molecule has 1 aromatic heterocycles. The van der Waals surface area contributed by atoms with Crippen molar-refractivity contribution in [3.05, 3.63) is 52.8 Å². The lowest BCUT2D eigenvalue weighted by molar-refractivity contribution is 0.620. The van der Waals surface area contributed by atoms with Gasteiger partial charge in [-0.1, -0.05) is 23.7 Å². The molecule has 0 atom stereocenters. The van der Waals surface area contributed by atoms with Crippen LogP contribution in [0.25, 0.3) is 0 Å². The van der Waals surface area contributed by atoms with E-state index < -0.39 is 0 Å². The molecule has 0 bridgehead atoms. The maximum Gasteiger partial charge on any atom is 0.128 e. The van der Waals surface area contributed by atoms with Crippen molar-refractivity contribution in [1.29, 1.82) is 0 Å². The quantitative estimate of drug-likeness (QED) is 0.907. The third-order valence-corrected chi connectivity index (χ3v) is 2.90. The van der Waals surface area contributed by atoms with Gasteiger partial charge in [0.2, 0.25) is 0 Å². The summed E-state index contributed by atoms with van der Waals surface area (Å²) in [6.07, 6.45) is 1.62. The summed E-state index contributed by atoms with van der Waals surface area (Å²) >= 11 is 5.87. The van der Waals surface area contributed by atoms with Gasteiger partial charge in [0.15, 0.2) is 0 Å². The van der Waals surface area contributed by atoms with Gasteiger partial charge >= 0.3 is 0 Å². The highest BCUT2D eigenvalue weighted by molar-refractivity contribution is 6.29. The molecule has 0 saturated heterocycles. The maximum absolute atomic E-state index is 12.7. The molecule has 0 aliphatic rings. The normalized spacial score (nSPS) is 10.8. The van der Waals surface area contributed by atoms with Crippen molar-refractivity contribution >= 4 is 11.6 Å². The van der Waals surface area contributed by atoms with Crippen LogP contribution in [-0.4, -0.2) is 9.55 Å². The van der Waals surface area contributed by atoms with Crippen molar-refractivity contribution in [3.63, 3.8) is 0 Å². The summed E-state index contributed by atoms with van der Waals surface area (Å²) in [5.74, 6) is 0.654. The Morgan fingerprint density at radius 1 is 1.29 bits per heavy atom. The molecule has 0 fully saturated rings. The van der Waals surface area contributed by atoms with E-state index in [1.165, 1.54) is 12.1 Å². The number of nitrogens with zero attached hydrogens (tertiary/aromatic N) is 2. The van der Waals surface area contributed by atoms with E-state index in [1.807, 2.05) is 11.6 Å². The molecule has 90 valence electrons. The lowest BCUT2D eigenvalue weighted by Crippen LogP contribution is -2.15. The van der Waals surface area contributed by atoms with Crippen LogP contribution in [0.15, 0.2) is 30.5 Å². The molecule has 1 aromatic carbocycles. The zero-order chi connectivity index (χ0) is 12.3. The molecule has 0 radical (unpaired) electrons. The van der Waals surface area contributed by atoms with E-state index in [1.54, 1.807) is 18.3 Å². The standard InChI is InChI=1S/C12H13ClFN3/c1-17-11(13)7-16-12(17)8-15-6-9-2-4-10(14)5-3-9/h2-5,7,15H,6,8H2,1H3. The molecule has 1 N–H and O–H groups in total. The van der Waals surface area contributed by atoms with Gasteiger partial charge in [0.25, 0.3) is 0 Å². The highest BCUT2D eigenvalue weighted by atomic mass is 35.5. The van der Waals surface area contributed by atoms with Crippen molar-refractivity contribution in [2.45, 2.75) is 13.1 Å². The Labute approximate surface area is 104 Å². The zero-order valence-corrected chi connectivity index (χ0v) is 10.2. The predicted octanol–water partition coefficient (Wildman–Crippen LogP) is 2.50. The Morgan fingerprint density at radius 3 is 2.59 bits per heavy atom. The first-order chi connectivity index (χ1) is 8.16. The van der Waals surface area contributed by atoms with Crippen molar-refractivity contribution in [1.82, 2.24) is 14.9 Å². The van der Waals surface area contributed by atoms with Gasteiger partial charge in [0, 0.05) is 13.6 Å². The first-order valence-electron chi connectivity index (χ1n) is 5.28. The zero-order valence-electron chi connectivity index (χ0n) is 9.45. The summed E-state index contributed by atoms with van der Waals surface area (Å²) in [4.78, 5) is 4.17. The van der Waals surface area contributed by atoms with E-state index in [4.69, 9.17) is 11.6 Å². The van der Waals surface area contributed by atoms with Crippen LogP contribution in [0.3, 0.4) is 0 Å². The fourth-order valence-corrected chi connectivity index (χ4v) is 1.66. The molecule has 0 amide bonds. The molecule has 0 saturated carbocycles. The SMILES string of the molecule is Cn1c(Cl)cnc1CNCc1ccc(F)cc1.